The van der Waals surface area contributed by atoms with Crippen LogP contribution >= 0.6 is 74.9 Å². The Bertz CT molecular complexity index is 4230. The van der Waals surface area contributed by atoms with E-state index in [1.165, 1.54) is 44.9 Å². The van der Waals surface area contributed by atoms with Gasteiger partial charge in [-0.3, -0.25) is 0 Å². The minimum Gasteiger partial charge on any atom is -1.00 e. The van der Waals surface area contributed by atoms with Crippen molar-refractivity contribution in [2.24, 2.45) is 0 Å². The van der Waals surface area contributed by atoms with Gasteiger partial charge in [-0.2, -0.15) is 0 Å². The summed E-state index contributed by atoms with van der Waals surface area (Å²) in [7, 11) is -62.8. The summed E-state index contributed by atoms with van der Waals surface area (Å²) in [5.41, 5.74) is 0.849. The number of hydrogen-bond acceptors (Lipinski definition) is 26. The van der Waals surface area contributed by atoms with Gasteiger partial charge in [-0.15, -0.1) is 56.4 Å². The van der Waals surface area contributed by atoms with Gasteiger partial charge in [-0.05, 0) is 196 Å². The van der Waals surface area contributed by atoms with Gasteiger partial charge in [0.15, 0.2) is 0 Å². The van der Waals surface area contributed by atoms with Crippen molar-refractivity contribution >= 4 is 236 Å². The van der Waals surface area contributed by atoms with Gasteiger partial charge in [-0.1, -0.05) is 323 Å². The third kappa shape index (κ3) is 25.2. The largest absolute Gasteiger partial charge is 1.00 e. The van der Waals surface area contributed by atoms with Gasteiger partial charge in [-0.25, -0.2) is 0 Å². The summed E-state index contributed by atoms with van der Waals surface area (Å²) < 4.78 is 186. The Morgan fingerprint density at radius 1 is 0.236 bits per heavy atom. The standard InChI is InChI=1S/C49H83ClO12Si8.C42H80O12Si7.C7H6Cl4Si.ClH.HOPS2/c50-40-41-36-38-49(39-37-41)70-60-67(46-30-16-5-17-31-46)54-64(43-24-10-2-11-25-43)51-63(42-22-8-1-9-23-42)52-65(56-67,44-26-12-3-13-27-44)58-69(62-70,48-34-20-7-21-35-48)59-66(53-63,45-28-14-4-15-29-45)57-68(55-64,61-70)47-32-18-6-19-33-47;43-55(36-22-8-1-9-23-36)46-58(39-28-14-4-15-29-39)48-56(44,37-24-10-2-11-25-37)50-60(41-32-18-6-19-33-41)51-57(45,38-26-12-3-13-27-38)49-59(47-55,40-30-16-5-17-31-40)53-61(52-58,54-60)42-34-20-7-21-35-42;8-5-6-1-3-7(4-2-6)12(9,10)11;;1-2(3)4/h36-39,42-48H,1-35,40H2;36-45H,1-35H2;1-4H,5H2;1H;(H,1,3,4)/p-1. The lowest BCUT2D eigenvalue weighted by Crippen LogP contribution is -3.00. The van der Waals surface area contributed by atoms with E-state index in [1.807, 2.05) is 24.3 Å². The molecule has 23 aliphatic rings. The van der Waals surface area contributed by atoms with E-state index in [9.17, 15) is 19.0 Å². The molecule has 2 aromatic rings. The summed E-state index contributed by atoms with van der Waals surface area (Å²) in [6.07, 6.45) is 68.9. The normalized spacial score (nSPS) is 41.2. The zero-order valence-electron chi connectivity index (χ0n) is 87.5. The van der Waals surface area contributed by atoms with Crippen LogP contribution in [0.3, 0.4) is 0 Å². The maximum Gasteiger partial charge on any atom is 0.515 e. The third-order valence-electron chi connectivity index (χ3n) is 38.4. The van der Waals surface area contributed by atoms with Crippen LogP contribution in [0.25, 0.3) is 0 Å². The predicted octanol–water partition coefficient (Wildman–Crippen LogP) is 26.2. The van der Waals surface area contributed by atoms with Crippen LogP contribution in [0.2, 0.25) is 77.6 Å². The van der Waals surface area contributed by atoms with Crippen molar-refractivity contribution in [3.8, 4) is 0 Å². The maximum absolute atomic E-state index is 14.0. The molecule has 2 aromatic carbocycles. The number of rotatable bonds is 18. The van der Waals surface area contributed by atoms with Crippen molar-refractivity contribution in [3.05, 3.63) is 59.7 Å². The lowest BCUT2D eigenvalue weighted by molar-refractivity contribution is -0.0492. The van der Waals surface area contributed by atoms with Crippen LogP contribution in [0.15, 0.2) is 48.5 Å². The molecule has 25 rings (SSSR count). The van der Waals surface area contributed by atoms with Gasteiger partial charge in [0.05, 0.1) is 12.2 Å². The van der Waals surface area contributed by atoms with Crippen molar-refractivity contribution < 1.29 is 118 Å². The molecule has 9 aliphatic heterocycles. The van der Waals surface area contributed by atoms with Crippen molar-refractivity contribution in [1.29, 1.82) is 0 Å². The van der Waals surface area contributed by atoms with Gasteiger partial charge < -0.3 is 125 Å². The molecule has 9 heterocycles. The van der Waals surface area contributed by atoms with Crippen LogP contribution in [0.4, 0.5) is 0 Å². The second-order valence-electron chi connectivity index (χ2n) is 48.3. The smallest absolute Gasteiger partial charge is 0.515 e. The highest BCUT2D eigenvalue weighted by molar-refractivity contribution is 8.67. The first-order valence-electron chi connectivity index (χ1n) is 59.2. The Labute approximate surface area is 942 Å². The van der Waals surface area contributed by atoms with Gasteiger partial charge in [0.2, 0.25) is 0 Å². The number of alkyl halides is 2. The first kappa shape index (κ1) is 118. The molecule has 12 bridgehead atoms. The van der Waals surface area contributed by atoms with E-state index in [2.05, 4.69) is 48.8 Å². The summed E-state index contributed by atoms with van der Waals surface area (Å²) in [6, 6.07) is 13.3. The maximum atomic E-state index is 14.0. The van der Waals surface area contributed by atoms with Crippen LogP contribution in [-0.4, -0.2) is 152 Å². The zero-order chi connectivity index (χ0) is 101. The second kappa shape index (κ2) is 50.7. The summed E-state index contributed by atoms with van der Waals surface area (Å²) >= 11 is 36.9. The van der Waals surface area contributed by atoms with Gasteiger partial charge >= 0.3 is 138 Å². The molecule has 14 saturated carbocycles. The molecule has 1 atom stereocenters. The predicted molar refractivity (Wildman–Crippen MR) is 610 cm³/mol. The molecular formula is C98H170Cl6O25PS2Si16-. The quantitative estimate of drug-likeness (QED) is 0.0270. The Morgan fingerprint density at radius 2 is 0.365 bits per heavy atom. The van der Waals surface area contributed by atoms with Crippen LogP contribution in [0.1, 0.15) is 461 Å². The zero-order valence-corrected chi connectivity index (χ0v) is 111. The average Bonchev–Trinajstić information content (AvgIpc) is 0.644. The van der Waals surface area contributed by atoms with Crippen molar-refractivity contribution in [2.45, 2.75) is 539 Å². The molecule has 1 unspecified atom stereocenters. The van der Waals surface area contributed by atoms with Crippen LogP contribution in [0.5, 0.6) is 0 Å². The molecule has 0 radical (unpaired) electrons. The minimum absolute atomic E-state index is 0. The molecule has 148 heavy (non-hydrogen) atoms. The average molecular weight is 2510 g/mol. The van der Waals surface area contributed by atoms with Crippen LogP contribution < -0.4 is 22.8 Å². The topological polar surface area (TPSA) is 272 Å². The molecular weight excluding hydrogens is 2330 g/mol. The first-order valence-corrected chi connectivity index (χ1v) is 95.8. The van der Waals surface area contributed by atoms with Crippen molar-refractivity contribution in [3.63, 3.8) is 0 Å². The Balaban J connectivity index is 0.000000156. The highest BCUT2D eigenvalue weighted by Gasteiger charge is 2.90. The van der Waals surface area contributed by atoms with Crippen LogP contribution in [-0.2, 0) is 115 Å². The number of halogens is 6. The molecule has 3 N–H and O–H groups in total. The highest BCUT2D eigenvalue weighted by Crippen LogP contribution is 2.69. The molecule has 836 valence electrons. The van der Waals surface area contributed by atoms with Gasteiger partial charge in [0.1, 0.15) is 0 Å². The van der Waals surface area contributed by atoms with Crippen LogP contribution in [0, 0.1) is 0 Å². The summed E-state index contributed by atoms with van der Waals surface area (Å²) in [6.45, 7) is 0. The summed E-state index contributed by atoms with van der Waals surface area (Å²) in [5, 5.41) is 1.68. The number of thiol groups is 1. The van der Waals surface area contributed by atoms with Gasteiger partial charge in [0.25, 0.3) is 6.20 Å². The number of hydrogen-bond donors (Lipinski definition) is 4. The van der Waals surface area contributed by atoms with E-state index in [-0.39, 0.29) is 90.0 Å². The lowest BCUT2D eigenvalue weighted by Gasteiger charge is -2.67. The molecule has 50 heteroatoms. The van der Waals surface area contributed by atoms with E-state index in [0.29, 0.717) is 11.8 Å². The Hall–Kier alpha value is 3.49. The van der Waals surface area contributed by atoms with E-state index in [4.69, 9.17) is 143 Å². The SMILES string of the molecule is ClCc1ccc([Si](Cl)(Cl)Cl)cc1.ClCc1ccc([Si]23O[Si]4(C5CCCCC5)O[Si]5(C6CCCCC6)O[Si](C6CCCCC6)(O2)O[Si]2(C6CCCCC6)O[Si](C6CCCCC6)(O3)O[Si](C3CCCCC3)(O4)O[Si](C3CCCCC3)(O5)O2)cc1.O=[P+]([S-])S.O[Si]1(C2CCCCC2)O[Si]2(C3CCCCC3)O[Si](O)(C3CCCCC3)O[Si]3(C4CCCCC4)O[Si](O)(C4CCCCC4)O[Si](C4CCCCC4)(O1)O[Si](C1CCCCC1)(O2)O3.[Cl-]. The third-order valence-corrected chi connectivity index (χ3v) is 113. The fourth-order valence-corrected chi connectivity index (χ4v) is 131. The molecule has 23 fully saturated rings. The summed E-state index contributed by atoms with van der Waals surface area (Å²) in [5.74, 6) is 0.894. The van der Waals surface area contributed by atoms with Crippen molar-refractivity contribution in [2.75, 3.05) is 0 Å². The molecule has 14 aliphatic carbocycles. The molecule has 0 spiro atoms. The minimum atomic E-state index is -4.38. The van der Waals surface area contributed by atoms with E-state index < -0.39 is 144 Å². The van der Waals surface area contributed by atoms with E-state index >= 15 is 0 Å². The molecule has 0 amide bonds. The molecule has 9 saturated heterocycles. The number of benzene rings is 2. The monoisotopic (exact) mass is 2500 g/mol. The first-order chi connectivity index (χ1) is 71.1. The molecule has 25 nitrogen and oxygen atoms in total. The Morgan fingerprint density at radius 3 is 0.507 bits per heavy atom. The van der Waals surface area contributed by atoms with E-state index in [0.717, 1.165) is 426 Å². The summed E-state index contributed by atoms with van der Waals surface area (Å²) in [4.78, 5) is 42.0. The highest BCUT2D eigenvalue weighted by atomic mass is 35.8. The van der Waals surface area contributed by atoms with E-state index in [1.54, 1.807) is 0 Å². The molecule has 0 aromatic heterocycles. The lowest BCUT2D eigenvalue weighted by atomic mass is 10.0. The fourth-order valence-electron chi connectivity index (χ4n) is 30.4. The fraction of sp³-hybridized carbons (Fsp3) is 0.878. The Kier molecular flexibility index (Phi) is 40.5. The number of fused-ring (bicyclic) bond motifs is 3. The van der Waals surface area contributed by atoms with Crippen molar-refractivity contribution in [1.82, 2.24) is 0 Å². The van der Waals surface area contributed by atoms with Gasteiger partial charge in [0, 0.05) is 94.5 Å². The second-order valence-corrected chi connectivity index (χ2v) is 108.